The molecule has 0 saturated carbocycles. The molecule has 0 radical (unpaired) electrons. The molecule has 7 nitrogen and oxygen atoms in total. The van der Waals surface area contributed by atoms with Crippen molar-refractivity contribution in [3.63, 3.8) is 0 Å². The number of nitrogens with zero attached hydrogens (tertiary/aromatic N) is 3. The Balaban J connectivity index is 1.78. The molecule has 132 valence electrons. The van der Waals surface area contributed by atoms with Crippen LogP contribution in [0.2, 0.25) is 0 Å². The normalized spacial score (nSPS) is 10.2. The summed E-state index contributed by atoms with van der Waals surface area (Å²) in [5.41, 5.74) is 3.12. The zero-order valence-electron chi connectivity index (χ0n) is 14.6. The van der Waals surface area contributed by atoms with E-state index in [0.717, 1.165) is 12.1 Å². The van der Waals surface area contributed by atoms with Crippen LogP contribution in [-0.2, 0) is 11.2 Å². The van der Waals surface area contributed by atoms with Crippen molar-refractivity contribution in [3.8, 4) is 0 Å². The van der Waals surface area contributed by atoms with E-state index in [1.807, 2.05) is 30.3 Å². The average Bonchev–Trinajstić information content (AvgIpc) is 2.69. The van der Waals surface area contributed by atoms with Gasteiger partial charge in [-0.05, 0) is 36.2 Å². The Labute approximate surface area is 151 Å². The smallest absolute Gasteiger partial charge is 0.339 e. The van der Waals surface area contributed by atoms with Gasteiger partial charge in [-0.25, -0.2) is 4.79 Å². The molecule has 7 heteroatoms. The third-order valence-corrected chi connectivity index (χ3v) is 3.77. The first kappa shape index (κ1) is 17.3. The number of anilines is 4. The first-order valence-electron chi connectivity index (χ1n) is 8.19. The number of hydrogen-bond donors (Lipinski definition) is 2. The molecular weight excluding hydrogens is 330 g/mol. The Morgan fingerprint density at radius 2 is 1.85 bits per heavy atom. The molecular formula is C19H19N5O2. The fourth-order valence-corrected chi connectivity index (χ4v) is 2.39. The SMILES string of the molecule is CCc1ccc(Nc2nncc(Nc3ccccc3C(=O)OC)n2)cc1. The van der Waals surface area contributed by atoms with Crippen LogP contribution in [0.1, 0.15) is 22.8 Å². The number of aromatic nitrogens is 3. The van der Waals surface area contributed by atoms with Crippen LogP contribution in [0.15, 0.2) is 54.7 Å². The molecule has 0 aliphatic heterocycles. The lowest BCUT2D eigenvalue weighted by Gasteiger charge is -2.10. The highest BCUT2D eigenvalue weighted by Crippen LogP contribution is 2.21. The summed E-state index contributed by atoms with van der Waals surface area (Å²) in [7, 11) is 1.34. The Bertz CT molecular complexity index is 896. The van der Waals surface area contributed by atoms with Gasteiger partial charge >= 0.3 is 5.97 Å². The van der Waals surface area contributed by atoms with Crippen LogP contribution < -0.4 is 10.6 Å². The standard InChI is InChI=1S/C19H19N5O2/c1-3-13-8-10-14(11-9-13)21-19-23-17(12-20-24-19)22-16-7-5-4-6-15(16)18(25)26-2/h4-12H,3H2,1-2H3,(H2,21,22,23,24). The number of hydrogen-bond acceptors (Lipinski definition) is 7. The lowest BCUT2D eigenvalue weighted by molar-refractivity contribution is 0.0602. The number of aryl methyl sites for hydroxylation is 1. The predicted octanol–water partition coefficient (Wildman–Crippen LogP) is 3.71. The fourth-order valence-electron chi connectivity index (χ4n) is 2.39. The number of esters is 1. The van der Waals surface area contributed by atoms with Gasteiger partial charge in [0.2, 0.25) is 5.95 Å². The number of para-hydroxylation sites is 1. The lowest BCUT2D eigenvalue weighted by atomic mass is 10.1. The summed E-state index contributed by atoms with van der Waals surface area (Å²) >= 11 is 0. The summed E-state index contributed by atoms with van der Waals surface area (Å²) in [6.07, 6.45) is 2.47. The highest BCUT2D eigenvalue weighted by Gasteiger charge is 2.12. The van der Waals surface area contributed by atoms with Gasteiger partial charge in [0.25, 0.3) is 0 Å². The average molecular weight is 349 g/mol. The molecule has 0 spiro atoms. The minimum Gasteiger partial charge on any atom is -0.465 e. The molecule has 0 bridgehead atoms. The van der Waals surface area contributed by atoms with Gasteiger partial charge in [-0.2, -0.15) is 10.1 Å². The van der Waals surface area contributed by atoms with Gasteiger partial charge in [0.15, 0.2) is 5.82 Å². The van der Waals surface area contributed by atoms with Crippen molar-refractivity contribution < 1.29 is 9.53 Å². The summed E-state index contributed by atoms with van der Waals surface area (Å²) in [4.78, 5) is 16.2. The van der Waals surface area contributed by atoms with Gasteiger partial charge in [-0.1, -0.05) is 31.2 Å². The molecule has 2 N–H and O–H groups in total. The van der Waals surface area contributed by atoms with Crippen LogP contribution in [0.5, 0.6) is 0 Å². The van der Waals surface area contributed by atoms with Crippen LogP contribution in [0.4, 0.5) is 23.1 Å². The van der Waals surface area contributed by atoms with Crippen molar-refractivity contribution in [2.75, 3.05) is 17.7 Å². The zero-order chi connectivity index (χ0) is 18.4. The maximum absolute atomic E-state index is 11.9. The number of methoxy groups -OCH3 is 1. The van der Waals surface area contributed by atoms with Crippen LogP contribution in [-0.4, -0.2) is 28.3 Å². The maximum atomic E-state index is 11.9. The molecule has 3 rings (SSSR count). The Morgan fingerprint density at radius 3 is 2.58 bits per heavy atom. The topological polar surface area (TPSA) is 89.0 Å². The van der Waals surface area contributed by atoms with Crippen molar-refractivity contribution >= 4 is 29.1 Å². The molecule has 1 aromatic heterocycles. The van der Waals surface area contributed by atoms with Crippen molar-refractivity contribution in [3.05, 3.63) is 65.9 Å². The Hall–Kier alpha value is -3.48. The molecule has 0 amide bonds. The highest BCUT2D eigenvalue weighted by atomic mass is 16.5. The van der Waals surface area contributed by atoms with E-state index in [9.17, 15) is 4.79 Å². The molecule has 3 aromatic rings. The predicted molar refractivity (Wildman–Crippen MR) is 100.0 cm³/mol. The van der Waals surface area contributed by atoms with E-state index in [1.54, 1.807) is 18.2 Å². The fraction of sp³-hybridized carbons (Fsp3) is 0.158. The van der Waals surface area contributed by atoms with E-state index in [0.29, 0.717) is 23.0 Å². The molecule has 0 aliphatic rings. The number of carbonyl (C=O) groups is 1. The first-order chi connectivity index (χ1) is 12.7. The van der Waals surface area contributed by atoms with E-state index < -0.39 is 5.97 Å². The molecule has 0 aliphatic carbocycles. The van der Waals surface area contributed by atoms with E-state index >= 15 is 0 Å². The summed E-state index contributed by atoms with van der Waals surface area (Å²) in [5.74, 6) is 0.392. The van der Waals surface area contributed by atoms with E-state index in [1.165, 1.54) is 18.9 Å². The third-order valence-electron chi connectivity index (χ3n) is 3.77. The van der Waals surface area contributed by atoms with Gasteiger partial charge in [-0.15, -0.1) is 5.10 Å². The molecule has 0 unspecified atom stereocenters. The minimum absolute atomic E-state index is 0.356. The summed E-state index contributed by atoms with van der Waals surface area (Å²) in [6.45, 7) is 2.11. The Kier molecular flexibility index (Phi) is 5.38. The van der Waals surface area contributed by atoms with E-state index in [4.69, 9.17) is 4.74 Å². The van der Waals surface area contributed by atoms with Crippen LogP contribution in [0.25, 0.3) is 0 Å². The molecule has 1 heterocycles. The second kappa shape index (κ2) is 8.06. The summed E-state index contributed by atoms with van der Waals surface area (Å²) in [6, 6.07) is 15.1. The lowest BCUT2D eigenvalue weighted by Crippen LogP contribution is -2.07. The quantitative estimate of drug-likeness (QED) is 0.656. The van der Waals surface area contributed by atoms with Gasteiger partial charge in [0.05, 0.1) is 24.6 Å². The molecule has 0 fully saturated rings. The van der Waals surface area contributed by atoms with Crippen LogP contribution in [0, 0.1) is 0 Å². The van der Waals surface area contributed by atoms with E-state index in [2.05, 4.69) is 32.7 Å². The highest BCUT2D eigenvalue weighted by molar-refractivity contribution is 5.96. The monoisotopic (exact) mass is 349 g/mol. The number of ether oxygens (including phenoxy) is 1. The van der Waals surface area contributed by atoms with Crippen LogP contribution in [0.3, 0.4) is 0 Å². The number of nitrogens with one attached hydrogen (secondary N) is 2. The van der Waals surface area contributed by atoms with Gasteiger partial charge < -0.3 is 15.4 Å². The number of rotatable bonds is 6. The van der Waals surface area contributed by atoms with E-state index in [-0.39, 0.29) is 0 Å². The molecule has 26 heavy (non-hydrogen) atoms. The molecule has 2 aromatic carbocycles. The third kappa shape index (κ3) is 4.13. The first-order valence-corrected chi connectivity index (χ1v) is 8.19. The molecule has 0 atom stereocenters. The van der Waals surface area contributed by atoms with Crippen molar-refractivity contribution in [1.29, 1.82) is 0 Å². The van der Waals surface area contributed by atoms with Crippen molar-refractivity contribution in [2.24, 2.45) is 0 Å². The van der Waals surface area contributed by atoms with Crippen molar-refractivity contribution in [2.45, 2.75) is 13.3 Å². The van der Waals surface area contributed by atoms with Gasteiger partial charge in [0.1, 0.15) is 0 Å². The van der Waals surface area contributed by atoms with Gasteiger partial charge in [0, 0.05) is 5.69 Å². The second-order valence-electron chi connectivity index (χ2n) is 5.50. The number of benzene rings is 2. The largest absolute Gasteiger partial charge is 0.465 e. The minimum atomic E-state index is -0.426. The van der Waals surface area contributed by atoms with Crippen molar-refractivity contribution in [1.82, 2.24) is 15.2 Å². The zero-order valence-corrected chi connectivity index (χ0v) is 14.6. The second-order valence-corrected chi connectivity index (χ2v) is 5.50. The van der Waals surface area contributed by atoms with Gasteiger partial charge in [-0.3, -0.25) is 0 Å². The summed E-state index contributed by atoms with van der Waals surface area (Å²) < 4.78 is 4.80. The number of carbonyl (C=O) groups excluding carboxylic acids is 1. The summed E-state index contributed by atoms with van der Waals surface area (Å²) in [5, 5.41) is 14.1. The Morgan fingerprint density at radius 1 is 1.08 bits per heavy atom. The van der Waals surface area contributed by atoms with Crippen LogP contribution >= 0.6 is 0 Å². The maximum Gasteiger partial charge on any atom is 0.339 e. The molecule has 0 saturated heterocycles.